The monoisotopic (exact) mass is 256 g/mol. The summed E-state index contributed by atoms with van der Waals surface area (Å²) >= 11 is 0. The summed E-state index contributed by atoms with van der Waals surface area (Å²) in [6, 6.07) is 17.4. The van der Waals surface area contributed by atoms with Crippen molar-refractivity contribution in [2.75, 3.05) is 0 Å². The van der Waals surface area contributed by atoms with Gasteiger partial charge in [-0.1, -0.05) is 48.5 Å². The van der Waals surface area contributed by atoms with E-state index in [-0.39, 0.29) is 11.8 Å². The van der Waals surface area contributed by atoms with E-state index in [9.17, 15) is 0 Å². The SMILES string of the molecule is c1ccc2c(c1)C1c3ccccc3C2c2nccnc21. The van der Waals surface area contributed by atoms with Gasteiger partial charge >= 0.3 is 0 Å². The van der Waals surface area contributed by atoms with Crippen LogP contribution in [-0.2, 0) is 0 Å². The van der Waals surface area contributed by atoms with E-state index in [1.54, 1.807) is 0 Å². The van der Waals surface area contributed by atoms with Gasteiger partial charge in [-0.25, -0.2) is 0 Å². The molecule has 0 aliphatic heterocycles. The molecule has 1 heterocycles. The van der Waals surface area contributed by atoms with Crippen molar-refractivity contribution in [2.24, 2.45) is 0 Å². The first kappa shape index (κ1) is 10.3. The molecule has 0 amide bonds. The minimum absolute atomic E-state index is 0.246. The second-order valence-electron chi connectivity index (χ2n) is 5.45. The van der Waals surface area contributed by atoms with Crippen LogP contribution < -0.4 is 0 Å². The normalized spacial score (nSPS) is 21.0. The molecule has 3 aliphatic rings. The van der Waals surface area contributed by atoms with Crippen LogP contribution >= 0.6 is 0 Å². The maximum atomic E-state index is 4.64. The maximum absolute atomic E-state index is 4.64. The minimum atomic E-state index is 0.246. The Morgan fingerprint density at radius 3 is 1.25 bits per heavy atom. The molecule has 0 atom stereocenters. The van der Waals surface area contributed by atoms with E-state index in [0.717, 1.165) is 11.4 Å². The molecule has 0 saturated carbocycles. The van der Waals surface area contributed by atoms with E-state index >= 15 is 0 Å². The lowest BCUT2D eigenvalue weighted by Crippen LogP contribution is -2.29. The molecule has 0 fully saturated rings. The van der Waals surface area contributed by atoms with Crippen molar-refractivity contribution in [1.29, 1.82) is 0 Å². The van der Waals surface area contributed by atoms with Crippen LogP contribution in [0.2, 0.25) is 0 Å². The first-order valence-corrected chi connectivity index (χ1v) is 6.93. The van der Waals surface area contributed by atoms with E-state index in [1.165, 1.54) is 22.3 Å². The fourth-order valence-corrected chi connectivity index (χ4v) is 3.80. The zero-order valence-corrected chi connectivity index (χ0v) is 10.8. The van der Waals surface area contributed by atoms with Crippen molar-refractivity contribution in [2.45, 2.75) is 11.8 Å². The van der Waals surface area contributed by atoms with Gasteiger partial charge in [0.15, 0.2) is 0 Å². The summed E-state index contributed by atoms with van der Waals surface area (Å²) < 4.78 is 0. The summed E-state index contributed by atoms with van der Waals surface area (Å²) in [6.45, 7) is 0. The number of hydrogen-bond acceptors (Lipinski definition) is 2. The smallest absolute Gasteiger partial charge is 0.0747 e. The predicted molar refractivity (Wildman–Crippen MR) is 76.8 cm³/mol. The molecule has 1 aromatic heterocycles. The number of hydrogen-bond donors (Lipinski definition) is 0. The zero-order chi connectivity index (χ0) is 13.1. The molecule has 3 aromatic rings. The molecular formula is C18H12N2. The third-order valence-corrected chi connectivity index (χ3v) is 4.54. The Kier molecular flexibility index (Phi) is 1.83. The van der Waals surface area contributed by atoms with Gasteiger partial charge in [-0.15, -0.1) is 0 Å². The molecule has 2 heteroatoms. The van der Waals surface area contributed by atoms with Crippen molar-refractivity contribution in [1.82, 2.24) is 9.97 Å². The Morgan fingerprint density at radius 1 is 0.550 bits per heavy atom. The van der Waals surface area contributed by atoms with Crippen LogP contribution in [0.1, 0.15) is 45.5 Å². The van der Waals surface area contributed by atoms with Gasteiger partial charge in [-0.3, -0.25) is 9.97 Å². The summed E-state index contributed by atoms with van der Waals surface area (Å²) in [4.78, 5) is 9.27. The standard InChI is InChI=1S/C18H12N2/c1-2-6-12-11(5-1)15-13-7-3-4-8-14(13)16(12)18-17(15)19-9-10-20-18/h1-10,15-16H. The van der Waals surface area contributed by atoms with Crippen LogP contribution in [0, 0.1) is 0 Å². The first-order chi connectivity index (χ1) is 9.95. The molecule has 2 aromatic carbocycles. The molecule has 3 aliphatic carbocycles. The van der Waals surface area contributed by atoms with Gasteiger partial charge in [-0.05, 0) is 22.3 Å². The lowest BCUT2D eigenvalue weighted by atomic mass is 9.64. The van der Waals surface area contributed by atoms with Crippen LogP contribution in [-0.4, -0.2) is 9.97 Å². The van der Waals surface area contributed by atoms with Gasteiger partial charge in [0.2, 0.25) is 0 Å². The number of aromatic nitrogens is 2. The molecule has 0 radical (unpaired) electrons. The number of rotatable bonds is 0. The largest absolute Gasteiger partial charge is 0.257 e. The lowest BCUT2D eigenvalue weighted by Gasteiger charge is -2.40. The van der Waals surface area contributed by atoms with Crippen molar-refractivity contribution >= 4 is 0 Å². The summed E-state index contributed by atoms with van der Waals surface area (Å²) in [6.07, 6.45) is 3.62. The Hall–Kier alpha value is -2.48. The fraction of sp³-hybridized carbons (Fsp3) is 0.111. The summed E-state index contributed by atoms with van der Waals surface area (Å²) in [5.74, 6) is 0.493. The van der Waals surface area contributed by atoms with Crippen molar-refractivity contribution in [3.63, 3.8) is 0 Å². The van der Waals surface area contributed by atoms with Gasteiger partial charge in [0.1, 0.15) is 0 Å². The van der Waals surface area contributed by atoms with Crippen molar-refractivity contribution in [3.8, 4) is 0 Å². The van der Waals surface area contributed by atoms with Gasteiger partial charge in [-0.2, -0.15) is 0 Å². The third-order valence-electron chi connectivity index (χ3n) is 4.54. The van der Waals surface area contributed by atoms with Crippen LogP contribution in [0.4, 0.5) is 0 Å². The Labute approximate surface area is 117 Å². The predicted octanol–water partition coefficient (Wildman–Crippen LogP) is 3.46. The van der Waals surface area contributed by atoms with E-state index < -0.39 is 0 Å². The second-order valence-corrected chi connectivity index (χ2v) is 5.45. The fourth-order valence-electron chi connectivity index (χ4n) is 3.80. The number of nitrogens with zero attached hydrogens (tertiary/aromatic N) is 2. The average molecular weight is 256 g/mol. The molecule has 6 rings (SSSR count). The number of benzene rings is 2. The van der Waals surface area contributed by atoms with Crippen molar-refractivity contribution in [3.05, 3.63) is 94.6 Å². The highest BCUT2D eigenvalue weighted by Crippen LogP contribution is 2.53. The molecule has 0 unspecified atom stereocenters. The van der Waals surface area contributed by atoms with E-state index in [2.05, 4.69) is 58.5 Å². The summed E-state index contributed by atoms with van der Waals surface area (Å²) in [5.41, 5.74) is 7.84. The highest BCUT2D eigenvalue weighted by molar-refractivity contribution is 5.64. The van der Waals surface area contributed by atoms with Gasteiger partial charge in [0, 0.05) is 12.4 Å². The quantitative estimate of drug-likeness (QED) is 0.424. The van der Waals surface area contributed by atoms with Crippen LogP contribution in [0.3, 0.4) is 0 Å². The molecule has 0 spiro atoms. The average Bonchev–Trinajstić information content (AvgIpc) is 2.54. The first-order valence-electron chi connectivity index (χ1n) is 6.93. The highest BCUT2D eigenvalue weighted by Gasteiger charge is 2.42. The minimum Gasteiger partial charge on any atom is -0.257 e. The zero-order valence-electron chi connectivity index (χ0n) is 10.8. The van der Waals surface area contributed by atoms with E-state index in [0.29, 0.717) is 0 Å². The summed E-state index contributed by atoms with van der Waals surface area (Å²) in [7, 11) is 0. The Bertz CT molecular complexity index is 656. The molecule has 0 saturated heterocycles. The molecule has 94 valence electrons. The van der Waals surface area contributed by atoms with Crippen LogP contribution in [0.25, 0.3) is 0 Å². The Balaban J connectivity index is 1.93. The highest BCUT2D eigenvalue weighted by atomic mass is 14.8. The molecule has 20 heavy (non-hydrogen) atoms. The van der Waals surface area contributed by atoms with Gasteiger partial charge in [0.05, 0.1) is 23.2 Å². The molecule has 2 bridgehead atoms. The molecule has 2 nitrogen and oxygen atoms in total. The van der Waals surface area contributed by atoms with E-state index in [4.69, 9.17) is 0 Å². The molecule has 0 N–H and O–H groups in total. The van der Waals surface area contributed by atoms with E-state index in [1.807, 2.05) is 12.4 Å². The van der Waals surface area contributed by atoms with Crippen molar-refractivity contribution < 1.29 is 0 Å². The lowest BCUT2D eigenvalue weighted by molar-refractivity contribution is 0.700. The van der Waals surface area contributed by atoms with Crippen LogP contribution in [0.15, 0.2) is 60.9 Å². The molecular weight excluding hydrogens is 244 g/mol. The van der Waals surface area contributed by atoms with Gasteiger partial charge in [0.25, 0.3) is 0 Å². The topological polar surface area (TPSA) is 25.8 Å². The van der Waals surface area contributed by atoms with Crippen LogP contribution in [0.5, 0.6) is 0 Å². The van der Waals surface area contributed by atoms with Gasteiger partial charge < -0.3 is 0 Å². The Morgan fingerprint density at radius 2 is 0.900 bits per heavy atom. The maximum Gasteiger partial charge on any atom is 0.0747 e. The summed E-state index contributed by atoms with van der Waals surface area (Å²) in [5, 5.41) is 0. The second kappa shape index (κ2) is 3.54. The third kappa shape index (κ3) is 1.10.